The van der Waals surface area contributed by atoms with Crippen LogP contribution in [0.5, 0.6) is 0 Å². The SMILES string of the molecule is CCCCCCCC/C=C\CCCCCCCCCC(=O)OC(COCCCCCCCCCC/C=C\CCCCCCCCC)COP(=O)(O)OCCN. The van der Waals surface area contributed by atoms with Crippen molar-refractivity contribution in [3.63, 3.8) is 0 Å². The molecule has 2 atom stereocenters. The van der Waals surface area contributed by atoms with Crippen molar-refractivity contribution < 1.29 is 32.8 Å². The second kappa shape index (κ2) is 44.1. The van der Waals surface area contributed by atoms with Gasteiger partial charge in [0.1, 0.15) is 6.10 Å². The van der Waals surface area contributed by atoms with E-state index in [0.29, 0.717) is 13.0 Å². The van der Waals surface area contributed by atoms with E-state index < -0.39 is 13.9 Å². The average Bonchev–Trinajstić information content (AvgIpc) is 3.17. The van der Waals surface area contributed by atoms with Gasteiger partial charge in [-0.1, -0.05) is 179 Å². The molecule has 0 fully saturated rings. The third-order valence-electron chi connectivity index (χ3n) is 10.1. The summed E-state index contributed by atoms with van der Waals surface area (Å²) in [4.78, 5) is 22.5. The number of ether oxygens (including phenoxy) is 2. The molecular weight excluding hydrogens is 709 g/mol. The highest BCUT2D eigenvalue weighted by Crippen LogP contribution is 2.43. The second-order valence-electron chi connectivity index (χ2n) is 15.6. The Morgan fingerprint density at radius 2 is 0.909 bits per heavy atom. The zero-order valence-corrected chi connectivity index (χ0v) is 37.1. The maximum atomic E-state index is 12.6. The van der Waals surface area contributed by atoms with Gasteiger partial charge in [-0.05, 0) is 64.2 Å². The molecule has 0 saturated heterocycles. The number of carbonyl (C=O) groups excluding carboxylic acids is 1. The second-order valence-corrected chi connectivity index (χ2v) is 17.1. The summed E-state index contributed by atoms with van der Waals surface area (Å²) in [7, 11) is -4.28. The summed E-state index contributed by atoms with van der Waals surface area (Å²) < 4.78 is 33.5. The van der Waals surface area contributed by atoms with Crippen LogP contribution in [0.25, 0.3) is 0 Å². The van der Waals surface area contributed by atoms with E-state index in [4.69, 9.17) is 24.3 Å². The zero-order chi connectivity index (χ0) is 40.2. The molecule has 0 aliphatic rings. The molecule has 0 aliphatic heterocycles. The smallest absolute Gasteiger partial charge is 0.457 e. The molecule has 326 valence electrons. The molecule has 0 aromatic heterocycles. The van der Waals surface area contributed by atoms with Crippen LogP contribution < -0.4 is 5.73 Å². The van der Waals surface area contributed by atoms with Gasteiger partial charge >= 0.3 is 13.8 Å². The predicted molar refractivity (Wildman–Crippen MR) is 233 cm³/mol. The molecule has 0 amide bonds. The van der Waals surface area contributed by atoms with Crippen molar-refractivity contribution in [1.82, 2.24) is 0 Å². The number of phosphoric acid groups is 1. The number of phosphoric ester groups is 1. The Bertz CT molecular complexity index is 900. The minimum atomic E-state index is -4.28. The first kappa shape index (κ1) is 54.0. The Labute approximate surface area is 340 Å². The van der Waals surface area contributed by atoms with E-state index in [-0.39, 0.29) is 32.3 Å². The first-order valence-corrected chi connectivity index (χ1v) is 24.8. The number of unbranched alkanes of at least 4 members (excludes halogenated alkanes) is 28. The summed E-state index contributed by atoms with van der Waals surface area (Å²) >= 11 is 0. The number of hydrogen-bond donors (Lipinski definition) is 2. The van der Waals surface area contributed by atoms with Crippen LogP contribution in [0.15, 0.2) is 24.3 Å². The number of carbonyl (C=O) groups is 1. The molecule has 0 spiro atoms. The van der Waals surface area contributed by atoms with Gasteiger partial charge in [0.2, 0.25) is 0 Å². The van der Waals surface area contributed by atoms with Gasteiger partial charge in [0.15, 0.2) is 0 Å². The summed E-state index contributed by atoms with van der Waals surface area (Å²) in [6.45, 7) is 4.94. The fraction of sp³-hybridized carbons (Fsp3) is 0.891. The largest absolute Gasteiger partial charge is 0.472 e. The van der Waals surface area contributed by atoms with E-state index in [0.717, 1.165) is 32.1 Å². The molecule has 0 aliphatic carbocycles. The number of rotatable bonds is 45. The fourth-order valence-electron chi connectivity index (χ4n) is 6.63. The maximum absolute atomic E-state index is 12.6. The molecule has 0 aromatic rings. The molecule has 8 nitrogen and oxygen atoms in total. The molecular formula is C46H90NO7P. The molecule has 2 unspecified atom stereocenters. The van der Waals surface area contributed by atoms with Crippen LogP contribution >= 0.6 is 7.82 Å². The van der Waals surface area contributed by atoms with Gasteiger partial charge in [-0.2, -0.15) is 0 Å². The lowest BCUT2D eigenvalue weighted by atomic mass is 10.1. The van der Waals surface area contributed by atoms with Crippen molar-refractivity contribution in [1.29, 1.82) is 0 Å². The Kier molecular flexibility index (Phi) is 43.3. The highest BCUT2D eigenvalue weighted by molar-refractivity contribution is 7.47. The normalized spacial score (nSPS) is 13.6. The van der Waals surface area contributed by atoms with E-state index in [2.05, 4.69) is 38.2 Å². The van der Waals surface area contributed by atoms with Gasteiger partial charge in [0.05, 0.1) is 19.8 Å². The van der Waals surface area contributed by atoms with Gasteiger partial charge in [-0.25, -0.2) is 4.57 Å². The first-order chi connectivity index (χ1) is 26.9. The van der Waals surface area contributed by atoms with E-state index >= 15 is 0 Å². The summed E-state index contributed by atoms with van der Waals surface area (Å²) in [5, 5.41) is 0. The van der Waals surface area contributed by atoms with Gasteiger partial charge < -0.3 is 20.1 Å². The van der Waals surface area contributed by atoms with Crippen LogP contribution in [0.1, 0.15) is 226 Å². The zero-order valence-electron chi connectivity index (χ0n) is 36.2. The Morgan fingerprint density at radius 3 is 1.33 bits per heavy atom. The third kappa shape index (κ3) is 43.9. The molecule has 0 heterocycles. The Balaban J connectivity index is 3.98. The van der Waals surface area contributed by atoms with Crippen LogP contribution in [-0.2, 0) is 27.9 Å². The fourth-order valence-corrected chi connectivity index (χ4v) is 7.40. The number of nitrogens with two attached hydrogens (primary N) is 1. The van der Waals surface area contributed by atoms with Crippen LogP contribution in [0.2, 0.25) is 0 Å². The molecule has 0 bridgehead atoms. The minimum absolute atomic E-state index is 0.0954. The van der Waals surface area contributed by atoms with E-state index in [1.165, 1.54) is 173 Å². The van der Waals surface area contributed by atoms with Crippen LogP contribution in [-0.4, -0.2) is 49.9 Å². The summed E-state index contributed by atoms with van der Waals surface area (Å²) in [5.74, 6) is -0.333. The van der Waals surface area contributed by atoms with Gasteiger partial charge in [-0.3, -0.25) is 13.8 Å². The van der Waals surface area contributed by atoms with Crippen molar-refractivity contribution in [2.75, 3.05) is 33.0 Å². The molecule has 0 saturated carbocycles. The molecule has 55 heavy (non-hydrogen) atoms. The van der Waals surface area contributed by atoms with Crippen molar-refractivity contribution in [3.05, 3.63) is 24.3 Å². The minimum Gasteiger partial charge on any atom is -0.457 e. The molecule has 0 rings (SSSR count). The number of hydrogen-bond acceptors (Lipinski definition) is 7. The van der Waals surface area contributed by atoms with Crippen molar-refractivity contribution >= 4 is 13.8 Å². The molecule has 0 aromatic carbocycles. The summed E-state index contributed by atoms with van der Waals surface area (Å²) in [5.41, 5.74) is 5.38. The van der Waals surface area contributed by atoms with Crippen LogP contribution in [0.3, 0.4) is 0 Å². The predicted octanol–water partition coefficient (Wildman–Crippen LogP) is 14.0. The number of allylic oxidation sites excluding steroid dienone is 4. The van der Waals surface area contributed by atoms with Gasteiger partial charge in [0, 0.05) is 19.6 Å². The maximum Gasteiger partial charge on any atom is 0.472 e. The highest BCUT2D eigenvalue weighted by Gasteiger charge is 2.25. The highest BCUT2D eigenvalue weighted by atomic mass is 31.2. The number of esters is 1. The van der Waals surface area contributed by atoms with Gasteiger partial charge in [0.25, 0.3) is 0 Å². The quantitative estimate of drug-likeness (QED) is 0.0271. The van der Waals surface area contributed by atoms with Gasteiger partial charge in [-0.15, -0.1) is 0 Å². The standard InChI is InChI=1S/C46H90NO7P/c1-3-5-7-9-11-13-15-17-19-21-22-24-26-28-30-32-34-36-38-41-51-43-45(44-53-55(49,50)52-42-40-47)54-46(48)39-37-35-33-31-29-27-25-23-20-18-16-14-12-10-8-6-4-2/h18-21,45H,3-17,22-44,47H2,1-2H3,(H,49,50)/b20-18-,21-19-. The Morgan fingerprint density at radius 1 is 0.527 bits per heavy atom. The monoisotopic (exact) mass is 800 g/mol. The summed E-state index contributed by atoms with van der Waals surface area (Å²) in [6, 6.07) is 0. The van der Waals surface area contributed by atoms with Crippen molar-refractivity contribution in [2.45, 2.75) is 232 Å². The molecule has 9 heteroatoms. The lowest BCUT2D eigenvalue weighted by molar-refractivity contribution is -0.154. The van der Waals surface area contributed by atoms with Crippen LogP contribution in [0, 0.1) is 0 Å². The topological polar surface area (TPSA) is 117 Å². The van der Waals surface area contributed by atoms with Crippen LogP contribution in [0.4, 0.5) is 0 Å². The lowest BCUT2D eigenvalue weighted by Crippen LogP contribution is -2.28. The molecule has 3 N–H and O–H groups in total. The summed E-state index contributed by atoms with van der Waals surface area (Å²) in [6.07, 6.45) is 49.1. The van der Waals surface area contributed by atoms with E-state index in [1.807, 2.05) is 0 Å². The van der Waals surface area contributed by atoms with Crippen molar-refractivity contribution in [2.24, 2.45) is 5.73 Å². The molecule has 0 radical (unpaired) electrons. The Hall–Kier alpha value is -1.02. The third-order valence-corrected chi connectivity index (χ3v) is 11.1. The van der Waals surface area contributed by atoms with E-state index in [9.17, 15) is 14.3 Å². The lowest BCUT2D eigenvalue weighted by Gasteiger charge is -2.20. The first-order valence-electron chi connectivity index (χ1n) is 23.3. The van der Waals surface area contributed by atoms with E-state index in [1.54, 1.807) is 0 Å². The van der Waals surface area contributed by atoms with Crippen molar-refractivity contribution in [3.8, 4) is 0 Å². The average molecular weight is 800 g/mol.